The summed E-state index contributed by atoms with van der Waals surface area (Å²) in [7, 11) is 0. The Morgan fingerprint density at radius 1 is 1.60 bits per heavy atom. The maximum Gasteiger partial charge on any atom is 0.0673 e. The fourth-order valence-electron chi connectivity index (χ4n) is 0.588. The predicted molar refractivity (Wildman–Crippen MR) is 41.1 cm³/mol. The van der Waals surface area contributed by atoms with Gasteiger partial charge in [-0.15, -0.1) is 0 Å². The third kappa shape index (κ3) is 7.62. The van der Waals surface area contributed by atoms with E-state index in [9.17, 15) is 5.21 Å². The highest BCUT2D eigenvalue weighted by molar-refractivity contribution is 4.92. The van der Waals surface area contributed by atoms with Crippen molar-refractivity contribution < 1.29 is 4.84 Å². The molecule has 3 heteroatoms. The van der Waals surface area contributed by atoms with Crippen molar-refractivity contribution in [1.29, 1.82) is 0 Å². The van der Waals surface area contributed by atoms with Gasteiger partial charge < -0.3 is 10.0 Å². The summed E-state index contributed by atoms with van der Waals surface area (Å²) in [6.07, 6.45) is 3.98. The molecule has 0 radical (unpaired) electrons. The van der Waals surface area contributed by atoms with Crippen LogP contribution < -0.4 is 5.64 Å². The lowest BCUT2D eigenvalue weighted by Gasteiger charge is -2.05. The van der Waals surface area contributed by atoms with E-state index in [1.807, 2.05) is 13.8 Å². The molecule has 0 fully saturated rings. The third-order valence-corrected chi connectivity index (χ3v) is 1.06. The summed E-state index contributed by atoms with van der Waals surface area (Å²) in [5, 5.41) is 9.54. The molecule has 0 amide bonds. The molecule has 0 heterocycles. The summed E-state index contributed by atoms with van der Waals surface area (Å²) in [6, 6.07) is 0. The van der Waals surface area contributed by atoms with E-state index in [0.29, 0.717) is 6.61 Å². The summed E-state index contributed by atoms with van der Waals surface area (Å²) in [4.78, 5) is 4.38. The zero-order chi connectivity index (χ0) is 7.82. The zero-order valence-corrected chi connectivity index (χ0v) is 6.52. The molecule has 0 aromatic carbocycles. The Hall–Kier alpha value is -0.380. The van der Waals surface area contributed by atoms with Crippen LogP contribution in [0.25, 0.3) is 0 Å². The van der Waals surface area contributed by atoms with Crippen molar-refractivity contribution in [2.45, 2.75) is 26.7 Å². The number of nitrogens with one attached hydrogen (secondary N) is 1. The average Bonchev–Trinajstić information content (AvgIpc) is 1.87. The molecule has 0 unspecified atom stereocenters. The Bertz CT molecular complexity index is 97.8. The summed E-state index contributed by atoms with van der Waals surface area (Å²) >= 11 is 0. The summed E-state index contributed by atoms with van der Waals surface area (Å²) in [6.45, 7) is 4.58. The van der Waals surface area contributed by atoms with Crippen LogP contribution in [0.4, 0.5) is 0 Å². The van der Waals surface area contributed by atoms with Crippen molar-refractivity contribution in [3.05, 3.63) is 16.9 Å². The highest BCUT2D eigenvalue weighted by Gasteiger charge is 1.82. The fourth-order valence-corrected chi connectivity index (χ4v) is 0.588. The standard InChI is InChI=1S/C7H14NO2/c1-7(2)5-3-4-6-10-8-9/h5,8H,3-4,6H2,1-2H3/q-1. The Kier molecular flexibility index (Phi) is 6.48. The predicted octanol–water partition coefficient (Wildman–Crippen LogP) is 1.75. The molecule has 0 aliphatic heterocycles. The quantitative estimate of drug-likeness (QED) is 0.363. The molecule has 0 aliphatic rings. The highest BCUT2D eigenvalue weighted by Crippen LogP contribution is 1.96. The van der Waals surface area contributed by atoms with Crippen molar-refractivity contribution >= 4 is 0 Å². The van der Waals surface area contributed by atoms with Crippen LogP contribution in [-0.2, 0) is 4.84 Å². The molecule has 0 atom stereocenters. The third-order valence-electron chi connectivity index (χ3n) is 1.06. The first-order valence-electron chi connectivity index (χ1n) is 3.39. The van der Waals surface area contributed by atoms with Crippen molar-refractivity contribution in [3.63, 3.8) is 0 Å². The molecule has 10 heavy (non-hydrogen) atoms. The van der Waals surface area contributed by atoms with Gasteiger partial charge in [-0.3, -0.25) is 5.64 Å². The Balaban J connectivity index is 2.98. The van der Waals surface area contributed by atoms with Gasteiger partial charge in [0.05, 0.1) is 6.61 Å². The molecule has 0 rings (SSSR count). The molecule has 60 valence electrons. The van der Waals surface area contributed by atoms with Crippen LogP contribution in [-0.4, -0.2) is 6.61 Å². The average molecular weight is 144 g/mol. The van der Waals surface area contributed by atoms with Gasteiger partial charge in [-0.1, -0.05) is 11.6 Å². The molecular weight excluding hydrogens is 130 g/mol. The number of allylic oxidation sites excluding steroid dienone is 2. The SMILES string of the molecule is CC(C)=CCCCON[O-]. The van der Waals surface area contributed by atoms with Gasteiger partial charge in [0.1, 0.15) is 0 Å². The minimum atomic E-state index is 0.479. The number of unbranched alkanes of at least 4 members (excludes halogenated alkanes) is 1. The van der Waals surface area contributed by atoms with Crippen LogP contribution in [0.1, 0.15) is 26.7 Å². The van der Waals surface area contributed by atoms with Gasteiger partial charge >= 0.3 is 0 Å². The van der Waals surface area contributed by atoms with Crippen LogP contribution in [0.2, 0.25) is 0 Å². The van der Waals surface area contributed by atoms with Crippen LogP contribution in [0.3, 0.4) is 0 Å². The van der Waals surface area contributed by atoms with Crippen molar-refractivity contribution in [1.82, 2.24) is 5.64 Å². The summed E-state index contributed by atoms with van der Waals surface area (Å²) in [5.74, 6) is 0. The minimum Gasteiger partial charge on any atom is -0.765 e. The van der Waals surface area contributed by atoms with E-state index < -0.39 is 0 Å². The largest absolute Gasteiger partial charge is 0.765 e. The normalized spacial score (nSPS) is 9.50. The van der Waals surface area contributed by atoms with E-state index in [1.54, 1.807) is 0 Å². The topological polar surface area (TPSA) is 44.3 Å². The van der Waals surface area contributed by atoms with Gasteiger partial charge in [0, 0.05) is 0 Å². The molecule has 1 N–H and O–H groups in total. The van der Waals surface area contributed by atoms with Gasteiger partial charge in [0.25, 0.3) is 0 Å². The molecule has 0 aromatic heterocycles. The zero-order valence-electron chi connectivity index (χ0n) is 6.52. The van der Waals surface area contributed by atoms with Crippen molar-refractivity contribution in [2.24, 2.45) is 0 Å². The van der Waals surface area contributed by atoms with E-state index in [1.165, 1.54) is 11.2 Å². The van der Waals surface area contributed by atoms with Crippen molar-refractivity contribution in [2.75, 3.05) is 6.61 Å². The lowest BCUT2D eigenvalue weighted by atomic mass is 10.2. The summed E-state index contributed by atoms with van der Waals surface area (Å²) in [5.41, 5.74) is 2.69. The van der Waals surface area contributed by atoms with E-state index >= 15 is 0 Å². The van der Waals surface area contributed by atoms with E-state index in [0.717, 1.165) is 12.8 Å². The maximum atomic E-state index is 9.54. The fraction of sp³-hybridized carbons (Fsp3) is 0.714. The summed E-state index contributed by atoms with van der Waals surface area (Å²) < 4.78 is 0. The van der Waals surface area contributed by atoms with Gasteiger partial charge in [-0.05, 0) is 26.7 Å². The van der Waals surface area contributed by atoms with E-state index in [-0.39, 0.29) is 0 Å². The van der Waals surface area contributed by atoms with Gasteiger partial charge in [-0.25, -0.2) is 0 Å². The minimum absolute atomic E-state index is 0.479. The lowest BCUT2D eigenvalue weighted by Crippen LogP contribution is -2.05. The monoisotopic (exact) mass is 144 g/mol. The Morgan fingerprint density at radius 2 is 2.30 bits per heavy atom. The molecule has 3 nitrogen and oxygen atoms in total. The van der Waals surface area contributed by atoms with E-state index in [2.05, 4.69) is 10.9 Å². The second kappa shape index (κ2) is 6.74. The number of rotatable bonds is 5. The molecule has 0 saturated carbocycles. The number of hydrogen-bond donors (Lipinski definition) is 1. The number of hydrogen-bond acceptors (Lipinski definition) is 3. The first kappa shape index (κ1) is 9.62. The second-order valence-corrected chi connectivity index (χ2v) is 2.36. The van der Waals surface area contributed by atoms with Gasteiger partial charge in [-0.2, -0.15) is 0 Å². The van der Waals surface area contributed by atoms with Crippen molar-refractivity contribution in [3.8, 4) is 0 Å². The van der Waals surface area contributed by atoms with Crippen LogP contribution in [0.15, 0.2) is 11.6 Å². The van der Waals surface area contributed by atoms with E-state index in [4.69, 9.17) is 0 Å². The molecule has 0 saturated heterocycles. The first-order chi connectivity index (χ1) is 4.77. The molecular formula is C7H14NO2-. The molecule has 0 aromatic rings. The van der Waals surface area contributed by atoms with Gasteiger partial charge in [0.2, 0.25) is 0 Å². The Labute approximate surface area is 61.6 Å². The van der Waals surface area contributed by atoms with Gasteiger partial charge in [0.15, 0.2) is 0 Å². The Morgan fingerprint density at radius 3 is 2.80 bits per heavy atom. The van der Waals surface area contributed by atoms with Crippen LogP contribution in [0, 0.1) is 5.21 Å². The first-order valence-corrected chi connectivity index (χ1v) is 3.39. The highest BCUT2D eigenvalue weighted by atomic mass is 16.8. The maximum absolute atomic E-state index is 9.54. The van der Waals surface area contributed by atoms with Crippen LogP contribution in [0.5, 0.6) is 0 Å². The van der Waals surface area contributed by atoms with Crippen LogP contribution >= 0.6 is 0 Å². The lowest BCUT2D eigenvalue weighted by molar-refractivity contribution is 0.0701. The smallest absolute Gasteiger partial charge is 0.0673 e. The molecule has 0 spiro atoms. The second-order valence-electron chi connectivity index (χ2n) is 2.36. The molecule has 0 bridgehead atoms. The molecule has 0 aliphatic carbocycles.